The maximum absolute atomic E-state index is 14.4. The van der Waals surface area contributed by atoms with Crippen molar-refractivity contribution < 1.29 is 23.0 Å². The molecule has 1 aliphatic rings. The van der Waals surface area contributed by atoms with Gasteiger partial charge >= 0.3 is 0 Å². The van der Waals surface area contributed by atoms with Gasteiger partial charge in [-0.15, -0.1) is 0 Å². The van der Waals surface area contributed by atoms with Crippen LogP contribution in [0.1, 0.15) is 50.3 Å². The van der Waals surface area contributed by atoms with Gasteiger partial charge in [0, 0.05) is 50.2 Å². The molecule has 164 valence electrons. The summed E-state index contributed by atoms with van der Waals surface area (Å²) in [7, 11) is 1.68. The minimum Gasteiger partial charge on any atom is -0.381 e. The topological polar surface area (TPSA) is 47.6 Å². The molecule has 4 nitrogen and oxygen atoms in total. The highest BCUT2D eigenvalue weighted by Gasteiger charge is 2.34. The molecule has 1 heterocycles. The molecule has 0 radical (unpaired) electrons. The Morgan fingerprint density at radius 3 is 2.48 bits per heavy atom. The lowest BCUT2D eigenvalue weighted by atomic mass is 9.85. The molecule has 0 spiro atoms. The van der Waals surface area contributed by atoms with Crippen LogP contribution in [-0.4, -0.2) is 26.2 Å². The van der Waals surface area contributed by atoms with Crippen LogP contribution in [0.3, 0.4) is 0 Å². The molecular formula is C25H27F2NO3. The van der Waals surface area contributed by atoms with Crippen LogP contribution < -0.4 is 5.32 Å². The zero-order valence-corrected chi connectivity index (χ0v) is 18.3. The number of halogens is 2. The number of benzene rings is 2. The highest BCUT2D eigenvalue weighted by Crippen LogP contribution is 2.35. The van der Waals surface area contributed by atoms with Crippen LogP contribution in [0.2, 0.25) is 0 Å². The SMILES string of the molecule is COC1(c2cccc(C#Cc3cc(F)cc(F)c3NC(=O)C(C)(C)C)c2)CCOCC1. The van der Waals surface area contributed by atoms with Gasteiger partial charge in [-0.25, -0.2) is 8.78 Å². The van der Waals surface area contributed by atoms with Gasteiger partial charge in [0.1, 0.15) is 5.82 Å². The molecule has 0 aromatic heterocycles. The van der Waals surface area contributed by atoms with Crippen molar-refractivity contribution in [1.29, 1.82) is 0 Å². The smallest absolute Gasteiger partial charge is 0.229 e. The average Bonchev–Trinajstić information content (AvgIpc) is 2.74. The summed E-state index contributed by atoms with van der Waals surface area (Å²) in [5.41, 5.74) is 0.441. The summed E-state index contributed by atoms with van der Waals surface area (Å²) < 4.78 is 39.6. The van der Waals surface area contributed by atoms with Gasteiger partial charge in [-0.05, 0) is 23.8 Å². The van der Waals surface area contributed by atoms with Crippen molar-refractivity contribution in [2.75, 3.05) is 25.6 Å². The lowest BCUT2D eigenvalue weighted by Gasteiger charge is -2.36. The van der Waals surface area contributed by atoms with Crippen molar-refractivity contribution >= 4 is 11.6 Å². The molecule has 1 fully saturated rings. The van der Waals surface area contributed by atoms with Crippen molar-refractivity contribution in [3.05, 3.63) is 64.7 Å². The summed E-state index contributed by atoms with van der Waals surface area (Å²) in [5, 5.41) is 2.54. The van der Waals surface area contributed by atoms with E-state index < -0.39 is 22.7 Å². The molecule has 0 saturated carbocycles. The van der Waals surface area contributed by atoms with Gasteiger partial charge in [0.2, 0.25) is 5.91 Å². The number of anilines is 1. The van der Waals surface area contributed by atoms with Gasteiger partial charge < -0.3 is 14.8 Å². The Labute approximate surface area is 181 Å². The van der Waals surface area contributed by atoms with Crippen molar-refractivity contribution in [2.45, 2.75) is 39.2 Å². The van der Waals surface area contributed by atoms with Crippen LogP contribution in [0.4, 0.5) is 14.5 Å². The Morgan fingerprint density at radius 2 is 1.84 bits per heavy atom. The summed E-state index contributed by atoms with van der Waals surface area (Å²) in [6.07, 6.45) is 1.47. The second-order valence-corrected chi connectivity index (χ2v) is 8.66. The van der Waals surface area contributed by atoms with Gasteiger partial charge in [-0.3, -0.25) is 4.79 Å². The predicted octanol–water partition coefficient (Wildman–Crippen LogP) is 5.00. The molecule has 0 atom stereocenters. The molecule has 2 aromatic rings. The number of ether oxygens (including phenoxy) is 2. The average molecular weight is 427 g/mol. The van der Waals surface area contributed by atoms with E-state index >= 15 is 0 Å². The first-order chi connectivity index (χ1) is 14.6. The van der Waals surface area contributed by atoms with Gasteiger partial charge in [0.15, 0.2) is 5.82 Å². The maximum Gasteiger partial charge on any atom is 0.229 e. The summed E-state index contributed by atoms with van der Waals surface area (Å²) in [6.45, 7) is 6.36. The van der Waals surface area contributed by atoms with E-state index in [4.69, 9.17) is 9.47 Å². The summed E-state index contributed by atoms with van der Waals surface area (Å²) in [4.78, 5) is 12.3. The Morgan fingerprint density at radius 1 is 1.13 bits per heavy atom. The van der Waals surface area contributed by atoms with Gasteiger partial charge in [0.05, 0.1) is 16.9 Å². The minimum atomic E-state index is -0.865. The van der Waals surface area contributed by atoms with Crippen molar-refractivity contribution in [2.24, 2.45) is 5.41 Å². The largest absolute Gasteiger partial charge is 0.381 e. The van der Waals surface area contributed by atoms with Gasteiger partial charge in [-0.1, -0.05) is 44.7 Å². The minimum absolute atomic E-state index is 0.0769. The molecule has 0 unspecified atom stereocenters. The lowest BCUT2D eigenvalue weighted by molar-refractivity contribution is -0.123. The molecular weight excluding hydrogens is 400 g/mol. The van der Waals surface area contributed by atoms with E-state index in [1.54, 1.807) is 27.9 Å². The molecule has 2 aromatic carbocycles. The standard InChI is InChI=1S/C25H27F2NO3/c1-24(2,3)23(29)28-22-18(15-20(26)16-21(22)27)9-8-17-6-5-7-19(14-17)25(30-4)10-12-31-13-11-25/h5-7,14-16H,10-13H2,1-4H3,(H,28,29). The van der Waals surface area contributed by atoms with Gasteiger partial charge in [-0.2, -0.15) is 0 Å². The van der Waals surface area contributed by atoms with Crippen molar-refractivity contribution in [3.63, 3.8) is 0 Å². The number of amides is 1. The van der Waals surface area contributed by atoms with Crippen LogP contribution in [0.25, 0.3) is 0 Å². The first-order valence-corrected chi connectivity index (χ1v) is 10.2. The highest BCUT2D eigenvalue weighted by atomic mass is 19.1. The number of carbonyl (C=O) groups is 1. The fourth-order valence-corrected chi connectivity index (χ4v) is 3.43. The van der Waals surface area contributed by atoms with Crippen LogP contribution in [0.15, 0.2) is 36.4 Å². The molecule has 3 rings (SSSR count). The second kappa shape index (κ2) is 9.17. The van der Waals surface area contributed by atoms with Crippen molar-refractivity contribution in [3.8, 4) is 11.8 Å². The maximum atomic E-state index is 14.4. The number of methoxy groups -OCH3 is 1. The third-order valence-corrected chi connectivity index (χ3v) is 5.40. The monoisotopic (exact) mass is 427 g/mol. The van der Waals surface area contributed by atoms with Gasteiger partial charge in [0.25, 0.3) is 0 Å². The van der Waals surface area contributed by atoms with E-state index in [2.05, 4.69) is 17.2 Å². The highest BCUT2D eigenvalue weighted by molar-refractivity contribution is 5.95. The Kier molecular flexibility index (Phi) is 6.78. The van der Waals surface area contributed by atoms with Crippen molar-refractivity contribution in [1.82, 2.24) is 0 Å². The number of carbonyl (C=O) groups excluding carboxylic acids is 1. The van der Waals surface area contributed by atoms with E-state index in [1.165, 1.54) is 0 Å². The predicted molar refractivity (Wildman–Crippen MR) is 116 cm³/mol. The molecule has 1 saturated heterocycles. The quantitative estimate of drug-likeness (QED) is 0.701. The van der Waals surface area contributed by atoms with Crippen LogP contribution in [-0.2, 0) is 19.9 Å². The molecule has 1 amide bonds. The Bertz CT molecular complexity index is 1030. The van der Waals surface area contributed by atoms with E-state index in [1.807, 2.05) is 24.3 Å². The van der Waals surface area contributed by atoms with Crippen LogP contribution in [0, 0.1) is 28.9 Å². The van der Waals surface area contributed by atoms with E-state index in [0.717, 1.165) is 30.5 Å². The fourth-order valence-electron chi connectivity index (χ4n) is 3.43. The molecule has 1 aliphatic heterocycles. The fraction of sp³-hybridized carbons (Fsp3) is 0.400. The molecule has 0 aliphatic carbocycles. The number of nitrogens with one attached hydrogen (secondary N) is 1. The number of hydrogen-bond acceptors (Lipinski definition) is 3. The Hall–Kier alpha value is -2.75. The molecule has 1 N–H and O–H groups in total. The lowest BCUT2D eigenvalue weighted by Crippen LogP contribution is -2.35. The van der Waals surface area contributed by atoms with Crippen LogP contribution >= 0.6 is 0 Å². The molecule has 31 heavy (non-hydrogen) atoms. The number of rotatable bonds is 3. The number of hydrogen-bond donors (Lipinski definition) is 1. The first-order valence-electron chi connectivity index (χ1n) is 10.2. The van der Waals surface area contributed by atoms with E-state index in [-0.39, 0.29) is 17.2 Å². The normalized spacial score (nSPS) is 15.7. The van der Waals surface area contributed by atoms with E-state index in [0.29, 0.717) is 18.8 Å². The second-order valence-electron chi connectivity index (χ2n) is 8.66. The molecule has 6 heteroatoms. The third kappa shape index (κ3) is 5.30. The Balaban J connectivity index is 1.96. The summed E-state index contributed by atoms with van der Waals surface area (Å²) in [6, 6.07) is 9.46. The van der Waals surface area contributed by atoms with Crippen LogP contribution in [0.5, 0.6) is 0 Å². The zero-order chi connectivity index (χ0) is 22.6. The summed E-state index contributed by atoms with van der Waals surface area (Å²) >= 11 is 0. The third-order valence-electron chi connectivity index (χ3n) is 5.40. The zero-order valence-electron chi connectivity index (χ0n) is 18.3. The first kappa shape index (κ1) is 22.9. The molecule has 0 bridgehead atoms. The van der Waals surface area contributed by atoms with E-state index in [9.17, 15) is 13.6 Å². The summed E-state index contributed by atoms with van der Waals surface area (Å²) in [5.74, 6) is 3.78.